The van der Waals surface area contributed by atoms with Gasteiger partial charge in [0.05, 0.1) is 13.2 Å². The number of nitrogens with one attached hydrogen (secondary N) is 1. The number of anilines is 2. The molecule has 4 rings (SSSR count). The first-order valence-electron chi connectivity index (χ1n) is 8.28. The maximum atomic E-state index is 12.4. The number of hydrogen-bond acceptors (Lipinski definition) is 4. The van der Waals surface area contributed by atoms with E-state index in [1.54, 1.807) is 0 Å². The van der Waals surface area contributed by atoms with Gasteiger partial charge in [0.15, 0.2) is 6.10 Å². The minimum absolute atomic E-state index is 0.106. The van der Waals surface area contributed by atoms with E-state index in [0.717, 1.165) is 49.0 Å². The molecule has 2 aliphatic heterocycles. The monoisotopic (exact) mass is 324 g/mol. The maximum absolute atomic E-state index is 12.4. The first-order valence-corrected chi connectivity index (χ1v) is 8.28. The van der Waals surface area contributed by atoms with Crippen molar-refractivity contribution in [2.24, 2.45) is 0 Å². The number of hydrogen-bond donors (Lipinski definition) is 1. The molecule has 1 fully saturated rings. The van der Waals surface area contributed by atoms with Gasteiger partial charge in [-0.05, 0) is 35.9 Å². The minimum atomic E-state index is -0.457. The van der Waals surface area contributed by atoms with Crippen LogP contribution >= 0.6 is 0 Å². The van der Waals surface area contributed by atoms with Crippen LogP contribution in [0.1, 0.15) is 5.56 Å². The van der Waals surface area contributed by atoms with Crippen molar-refractivity contribution in [3.63, 3.8) is 0 Å². The molecule has 0 unspecified atom stereocenters. The number of carbonyl (C=O) groups excluding carboxylic acids is 1. The van der Waals surface area contributed by atoms with Gasteiger partial charge < -0.3 is 19.7 Å². The Morgan fingerprint density at radius 2 is 1.79 bits per heavy atom. The number of carbonyl (C=O) groups is 1. The Hall–Kier alpha value is -2.53. The summed E-state index contributed by atoms with van der Waals surface area (Å²) in [5.74, 6) is 0.700. The Labute approximate surface area is 141 Å². The van der Waals surface area contributed by atoms with E-state index in [1.807, 2.05) is 48.5 Å². The van der Waals surface area contributed by atoms with Crippen LogP contribution in [-0.4, -0.2) is 38.3 Å². The van der Waals surface area contributed by atoms with Crippen LogP contribution in [0, 0.1) is 0 Å². The number of para-hydroxylation sites is 1. The molecule has 5 nitrogen and oxygen atoms in total. The van der Waals surface area contributed by atoms with Gasteiger partial charge in [-0.15, -0.1) is 0 Å². The largest absolute Gasteiger partial charge is 0.480 e. The molecule has 0 aliphatic carbocycles. The van der Waals surface area contributed by atoms with Crippen LogP contribution in [0.4, 0.5) is 11.4 Å². The van der Waals surface area contributed by atoms with Crippen molar-refractivity contribution >= 4 is 17.3 Å². The summed E-state index contributed by atoms with van der Waals surface area (Å²) in [6, 6.07) is 15.7. The Balaban J connectivity index is 1.38. The lowest BCUT2D eigenvalue weighted by Crippen LogP contribution is -2.36. The zero-order valence-corrected chi connectivity index (χ0v) is 13.4. The second-order valence-electron chi connectivity index (χ2n) is 6.05. The van der Waals surface area contributed by atoms with E-state index in [4.69, 9.17) is 9.47 Å². The lowest BCUT2D eigenvalue weighted by Gasteiger charge is -2.28. The highest BCUT2D eigenvalue weighted by atomic mass is 16.5. The van der Waals surface area contributed by atoms with Crippen molar-refractivity contribution in [1.82, 2.24) is 0 Å². The molecule has 1 saturated heterocycles. The molecule has 2 aromatic rings. The van der Waals surface area contributed by atoms with Gasteiger partial charge in [0.25, 0.3) is 5.91 Å². The van der Waals surface area contributed by atoms with Gasteiger partial charge in [0.2, 0.25) is 0 Å². The zero-order chi connectivity index (χ0) is 16.4. The molecule has 0 aromatic heterocycles. The molecule has 5 heteroatoms. The van der Waals surface area contributed by atoms with Crippen LogP contribution in [0.25, 0.3) is 0 Å². The summed E-state index contributed by atoms with van der Waals surface area (Å²) in [5, 5.41) is 2.94. The van der Waals surface area contributed by atoms with Crippen LogP contribution in [-0.2, 0) is 16.0 Å². The van der Waals surface area contributed by atoms with Crippen molar-refractivity contribution in [3.8, 4) is 5.75 Å². The Kier molecular flexibility index (Phi) is 4.09. The van der Waals surface area contributed by atoms with E-state index in [2.05, 4.69) is 10.2 Å². The summed E-state index contributed by atoms with van der Waals surface area (Å²) in [6.45, 7) is 3.33. The molecule has 1 N–H and O–H groups in total. The highest BCUT2D eigenvalue weighted by molar-refractivity contribution is 5.95. The fourth-order valence-electron chi connectivity index (χ4n) is 3.13. The van der Waals surface area contributed by atoms with Gasteiger partial charge in [-0.2, -0.15) is 0 Å². The normalized spacial score (nSPS) is 19.5. The van der Waals surface area contributed by atoms with Gasteiger partial charge in [0, 0.05) is 30.9 Å². The molecule has 2 aromatic carbocycles. The van der Waals surface area contributed by atoms with Crippen LogP contribution in [0.15, 0.2) is 48.5 Å². The van der Waals surface area contributed by atoms with E-state index in [0.29, 0.717) is 6.42 Å². The molecule has 1 atom stereocenters. The maximum Gasteiger partial charge on any atom is 0.265 e. The Morgan fingerprint density at radius 3 is 2.54 bits per heavy atom. The van der Waals surface area contributed by atoms with Crippen molar-refractivity contribution in [3.05, 3.63) is 54.1 Å². The van der Waals surface area contributed by atoms with Crippen LogP contribution in [0.3, 0.4) is 0 Å². The third-order valence-electron chi connectivity index (χ3n) is 4.45. The molecule has 0 spiro atoms. The summed E-state index contributed by atoms with van der Waals surface area (Å²) in [7, 11) is 0. The van der Waals surface area contributed by atoms with Crippen molar-refractivity contribution in [2.75, 3.05) is 36.5 Å². The predicted molar refractivity (Wildman–Crippen MR) is 92.7 cm³/mol. The van der Waals surface area contributed by atoms with Crippen LogP contribution < -0.4 is 15.0 Å². The van der Waals surface area contributed by atoms with Crippen molar-refractivity contribution < 1.29 is 14.3 Å². The first kappa shape index (κ1) is 15.0. The third kappa shape index (κ3) is 3.08. The number of nitrogens with zero attached hydrogens (tertiary/aromatic N) is 1. The molecule has 2 heterocycles. The lowest BCUT2D eigenvalue weighted by molar-refractivity contribution is -0.122. The van der Waals surface area contributed by atoms with E-state index < -0.39 is 6.10 Å². The van der Waals surface area contributed by atoms with E-state index in [9.17, 15) is 4.79 Å². The van der Waals surface area contributed by atoms with Crippen LogP contribution in [0.2, 0.25) is 0 Å². The molecule has 0 saturated carbocycles. The van der Waals surface area contributed by atoms with Gasteiger partial charge in [-0.3, -0.25) is 4.79 Å². The molecule has 2 aliphatic rings. The van der Waals surface area contributed by atoms with E-state index in [-0.39, 0.29) is 5.91 Å². The molecule has 24 heavy (non-hydrogen) atoms. The summed E-state index contributed by atoms with van der Waals surface area (Å²) < 4.78 is 11.1. The van der Waals surface area contributed by atoms with Crippen molar-refractivity contribution in [2.45, 2.75) is 12.5 Å². The number of amides is 1. The fourth-order valence-corrected chi connectivity index (χ4v) is 3.13. The molecular formula is C19H20N2O3. The molecule has 0 bridgehead atoms. The average molecular weight is 324 g/mol. The summed E-state index contributed by atoms with van der Waals surface area (Å²) in [5.41, 5.74) is 3.03. The van der Waals surface area contributed by atoms with Gasteiger partial charge in [0.1, 0.15) is 5.75 Å². The lowest BCUT2D eigenvalue weighted by atomic mass is 10.1. The summed E-state index contributed by atoms with van der Waals surface area (Å²) in [4.78, 5) is 14.7. The highest BCUT2D eigenvalue weighted by Crippen LogP contribution is 2.29. The quantitative estimate of drug-likeness (QED) is 0.942. The molecular weight excluding hydrogens is 304 g/mol. The molecule has 1 amide bonds. The first-order chi connectivity index (χ1) is 11.8. The molecule has 124 valence electrons. The second kappa shape index (κ2) is 6.53. The fraction of sp³-hybridized carbons (Fsp3) is 0.316. The Morgan fingerprint density at radius 1 is 1.04 bits per heavy atom. The Bertz CT molecular complexity index is 699. The highest BCUT2D eigenvalue weighted by Gasteiger charge is 2.28. The zero-order valence-electron chi connectivity index (χ0n) is 13.4. The summed E-state index contributed by atoms with van der Waals surface area (Å²) >= 11 is 0. The number of ether oxygens (including phenoxy) is 2. The van der Waals surface area contributed by atoms with Crippen molar-refractivity contribution in [1.29, 1.82) is 0 Å². The molecule has 0 radical (unpaired) electrons. The minimum Gasteiger partial charge on any atom is -0.480 e. The van der Waals surface area contributed by atoms with E-state index >= 15 is 0 Å². The average Bonchev–Trinajstić information content (AvgIpc) is 3.07. The number of fused-ring (bicyclic) bond motifs is 1. The van der Waals surface area contributed by atoms with Gasteiger partial charge in [-0.25, -0.2) is 0 Å². The smallest absolute Gasteiger partial charge is 0.265 e. The summed E-state index contributed by atoms with van der Waals surface area (Å²) in [6.07, 6.45) is 0.162. The topological polar surface area (TPSA) is 50.8 Å². The third-order valence-corrected chi connectivity index (χ3v) is 4.45. The standard InChI is InChI=1S/C19H20N2O3/c22-19(18-13-14-3-1-2-4-17(14)24-18)20-15-5-7-16(8-6-15)21-9-11-23-12-10-21/h1-8,18H,9-13H2,(H,20,22)/t18-/m1/s1. The number of benzene rings is 2. The number of morpholine rings is 1. The predicted octanol–water partition coefficient (Wildman–Crippen LogP) is 2.47. The SMILES string of the molecule is O=C(Nc1ccc(N2CCOCC2)cc1)[C@H]1Cc2ccccc2O1. The van der Waals surface area contributed by atoms with Crippen LogP contribution in [0.5, 0.6) is 5.75 Å². The van der Waals surface area contributed by atoms with Gasteiger partial charge >= 0.3 is 0 Å². The van der Waals surface area contributed by atoms with E-state index in [1.165, 1.54) is 0 Å². The number of rotatable bonds is 3. The second-order valence-corrected chi connectivity index (χ2v) is 6.05. The van der Waals surface area contributed by atoms with Gasteiger partial charge in [-0.1, -0.05) is 18.2 Å².